The molecule has 0 atom stereocenters. The van der Waals surface area contributed by atoms with Crippen molar-refractivity contribution >= 4 is 22.4 Å². The first-order valence-corrected chi connectivity index (χ1v) is 8.34. The first-order valence-electron chi connectivity index (χ1n) is 8.34. The summed E-state index contributed by atoms with van der Waals surface area (Å²) in [7, 11) is 3.77. The molecule has 1 aromatic carbocycles. The molecule has 0 aliphatic rings. The van der Waals surface area contributed by atoms with E-state index in [1.807, 2.05) is 37.2 Å². The lowest BCUT2D eigenvalue weighted by Crippen LogP contribution is -2.21. The third kappa shape index (κ3) is 4.59. The minimum Gasteiger partial charge on any atom is -0.422 e. The molecule has 0 amide bonds. The van der Waals surface area contributed by atoms with Gasteiger partial charge in [-0.1, -0.05) is 6.08 Å². The zero-order valence-electron chi connectivity index (χ0n) is 15.2. The Bertz CT molecular complexity index is 859. The number of rotatable bonds is 7. The molecular formula is C20H24N2O3. The van der Waals surface area contributed by atoms with Gasteiger partial charge in [-0.05, 0) is 50.4 Å². The van der Waals surface area contributed by atoms with Crippen LogP contribution in [0.25, 0.3) is 11.0 Å². The maximum absolute atomic E-state index is 12.2. The van der Waals surface area contributed by atoms with Crippen molar-refractivity contribution in [2.24, 2.45) is 0 Å². The van der Waals surface area contributed by atoms with Crippen molar-refractivity contribution in [3.05, 3.63) is 64.7 Å². The number of anilines is 1. The Hall–Kier alpha value is -2.82. The molecule has 5 heteroatoms. The van der Waals surface area contributed by atoms with Crippen LogP contribution in [0.3, 0.4) is 0 Å². The molecule has 0 saturated heterocycles. The molecule has 0 bridgehead atoms. The predicted molar refractivity (Wildman–Crippen MR) is 102 cm³/mol. The molecule has 5 nitrogen and oxygen atoms in total. The molecule has 2 rings (SSSR count). The van der Waals surface area contributed by atoms with Crippen molar-refractivity contribution in [1.29, 1.82) is 0 Å². The van der Waals surface area contributed by atoms with Gasteiger partial charge >= 0.3 is 5.63 Å². The Balaban J connectivity index is 2.34. The van der Waals surface area contributed by atoms with Gasteiger partial charge in [-0.2, -0.15) is 0 Å². The molecule has 1 aromatic heterocycles. The van der Waals surface area contributed by atoms with Crippen molar-refractivity contribution < 1.29 is 9.21 Å². The molecule has 0 radical (unpaired) electrons. The number of carbonyl (C=O) groups excluding carboxylic acids is 1. The third-order valence-electron chi connectivity index (χ3n) is 3.86. The van der Waals surface area contributed by atoms with Crippen LogP contribution in [-0.4, -0.2) is 37.9 Å². The van der Waals surface area contributed by atoms with Gasteiger partial charge in [-0.15, -0.1) is 0 Å². The van der Waals surface area contributed by atoms with Gasteiger partial charge in [0.25, 0.3) is 0 Å². The second kappa shape index (κ2) is 8.33. The topological polar surface area (TPSA) is 53.8 Å². The molecule has 0 spiro atoms. The average molecular weight is 340 g/mol. The molecule has 0 aliphatic heterocycles. The first-order chi connectivity index (χ1) is 12.0. The summed E-state index contributed by atoms with van der Waals surface area (Å²) in [5.74, 6) is -0.369. The number of nitrogens with zero attached hydrogens (tertiary/aromatic N) is 2. The van der Waals surface area contributed by atoms with Crippen LogP contribution in [0.5, 0.6) is 0 Å². The van der Waals surface area contributed by atoms with Crippen LogP contribution in [-0.2, 0) is 0 Å². The summed E-state index contributed by atoms with van der Waals surface area (Å²) in [4.78, 5) is 28.4. The molecule has 0 unspecified atom stereocenters. The fourth-order valence-electron chi connectivity index (χ4n) is 2.51. The molecule has 25 heavy (non-hydrogen) atoms. The third-order valence-corrected chi connectivity index (χ3v) is 3.86. The van der Waals surface area contributed by atoms with E-state index in [0.717, 1.165) is 24.2 Å². The molecule has 1 heterocycles. The van der Waals surface area contributed by atoms with Crippen LogP contribution in [0.1, 0.15) is 24.2 Å². The van der Waals surface area contributed by atoms with E-state index in [0.29, 0.717) is 5.58 Å². The van der Waals surface area contributed by atoms with Gasteiger partial charge in [0.2, 0.25) is 0 Å². The van der Waals surface area contributed by atoms with E-state index in [1.165, 1.54) is 6.08 Å². The quantitative estimate of drug-likeness (QED) is 0.334. The Kier molecular flexibility index (Phi) is 6.17. The van der Waals surface area contributed by atoms with E-state index >= 15 is 0 Å². The highest BCUT2D eigenvalue weighted by Gasteiger charge is 2.12. The van der Waals surface area contributed by atoms with Gasteiger partial charge in [-0.3, -0.25) is 4.79 Å². The standard InChI is InChI=1S/C20H24N2O3/c1-5-22(6-2)16-11-10-15-13-17(20(24)25-19(15)14-16)18(23)9-7-8-12-21(3)4/h7-14H,5-6H2,1-4H3/b9-7+,12-8+. The van der Waals surface area contributed by atoms with Crippen LogP contribution in [0.2, 0.25) is 0 Å². The zero-order valence-corrected chi connectivity index (χ0v) is 15.2. The minimum absolute atomic E-state index is 0.0394. The maximum Gasteiger partial charge on any atom is 0.347 e. The van der Waals surface area contributed by atoms with Crippen LogP contribution in [0.4, 0.5) is 5.69 Å². The lowest BCUT2D eigenvalue weighted by atomic mass is 10.1. The summed E-state index contributed by atoms with van der Waals surface area (Å²) < 4.78 is 5.38. The lowest BCUT2D eigenvalue weighted by molar-refractivity contribution is 0.104. The van der Waals surface area contributed by atoms with Crippen LogP contribution in [0, 0.1) is 0 Å². The average Bonchev–Trinajstić information content (AvgIpc) is 2.58. The maximum atomic E-state index is 12.2. The van der Waals surface area contributed by atoms with Gasteiger partial charge < -0.3 is 14.2 Å². The van der Waals surface area contributed by atoms with Gasteiger partial charge in [0.05, 0.1) is 0 Å². The monoisotopic (exact) mass is 340 g/mol. The van der Waals surface area contributed by atoms with Crippen LogP contribution in [0.15, 0.2) is 57.9 Å². The molecular weight excluding hydrogens is 316 g/mol. The summed E-state index contributed by atoms with van der Waals surface area (Å²) >= 11 is 0. The summed E-state index contributed by atoms with van der Waals surface area (Å²) in [5.41, 5.74) is 0.906. The number of carbonyl (C=O) groups is 1. The highest BCUT2D eigenvalue weighted by molar-refractivity contribution is 6.05. The summed E-state index contributed by atoms with van der Waals surface area (Å²) in [6, 6.07) is 7.28. The van der Waals surface area contributed by atoms with Crippen LogP contribution >= 0.6 is 0 Å². The first kappa shape index (κ1) is 18.5. The van der Waals surface area contributed by atoms with Crippen molar-refractivity contribution in [2.45, 2.75) is 13.8 Å². The Morgan fingerprint density at radius 1 is 1.12 bits per heavy atom. The largest absolute Gasteiger partial charge is 0.422 e. The molecule has 0 fully saturated rings. The lowest BCUT2D eigenvalue weighted by Gasteiger charge is -2.20. The van der Waals surface area contributed by atoms with Gasteiger partial charge in [0.15, 0.2) is 5.78 Å². The summed E-state index contributed by atoms with van der Waals surface area (Å²) in [6.07, 6.45) is 6.51. The highest BCUT2D eigenvalue weighted by atomic mass is 16.4. The number of benzene rings is 1. The smallest absolute Gasteiger partial charge is 0.347 e. The fraction of sp³-hybridized carbons (Fsp3) is 0.300. The number of fused-ring (bicyclic) bond motifs is 1. The fourth-order valence-corrected chi connectivity index (χ4v) is 2.51. The van der Waals surface area contributed by atoms with Gasteiger partial charge in [0.1, 0.15) is 11.1 Å². The van der Waals surface area contributed by atoms with E-state index < -0.39 is 5.63 Å². The summed E-state index contributed by atoms with van der Waals surface area (Å²) in [5, 5.41) is 0.732. The van der Waals surface area contributed by atoms with Crippen molar-refractivity contribution in [2.75, 3.05) is 32.1 Å². The van der Waals surface area contributed by atoms with Gasteiger partial charge in [0, 0.05) is 44.3 Å². The Labute approximate surface area is 147 Å². The van der Waals surface area contributed by atoms with Gasteiger partial charge in [-0.25, -0.2) is 4.79 Å². The van der Waals surface area contributed by atoms with E-state index in [4.69, 9.17) is 4.42 Å². The number of ketones is 1. The summed E-state index contributed by atoms with van der Waals surface area (Å²) in [6.45, 7) is 5.88. The Morgan fingerprint density at radius 2 is 1.84 bits per heavy atom. The predicted octanol–water partition coefficient (Wildman–Crippen LogP) is 3.45. The molecule has 2 aromatic rings. The molecule has 0 aliphatic carbocycles. The van der Waals surface area contributed by atoms with Crippen molar-refractivity contribution in [3.63, 3.8) is 0 Å². The Morgan fingerprint density at radius 3 is 2.48 bits per heavy atom. The van der Waals surface area contributed by atoms with Crippen molar-refractivity contribution in [1.82, 2.24) is 4.90 Å². The second-order valence-corrected chi connectivity index (χ2v) is 5.87. The number of hydrogen-bond donors (Lipinski definition) is 0. The number of hydrogen-bond acceptors (Lipinski definition) is 5. The van der Waals surface area contributed by atoms with Crippen molar-refractivity contribution in [3.8, 4) is 0 Å². The number of allylic oxidation sites excluding steroid dienone is 3. The van der Waals surface area contributed by atoms with Crippen LogP contribution < -0.4 is 10.5 Å². The second-order valence-electron chi connectivity index (χ2n) is 5.87. The van der Waals surface area contributed by atoms with E-state index in [-0.39, 0.29) is 11.3 Å². The SMILES string of the molecule is CCN(CC)c1ccc2cc(C(=O)/C=C/C=C/N(C)C)c(=O)oc2c1. The highest BCUT2D eigenvalue weighted by Crippen LogP contribution is 2.22. The zero-order chi connectivity index (χ0) is 18.4. The molecule has 132 valence electrons. The normalized spacial score (nSPS) is 11.5. The van der Waals surface area contributed by atoms with E-state index in [1.54, 1.807) is 24.4 Å². The van der Waals surface area contributed by atoms with E-state index in [2.05, 4.69) is 18.7 Å². The molecule has 0 N–H and O–H groups in total. The minimum atomic E-state index is -0.615. The van der Waals surface area contributed by atoms with E-state index in [9.17, 15) is 9.59 Å². The molecule has 0 saturated carbocycles.